The van der Waals surface area contributed by atoms with Crippen molar-refractivity contribution in [3.8, 4) is 0 Å². The lowest BCUT2D eigenvalue weighted by Gasteiger charge is -2.38. The van der Waals surface area contributed by atoms with Crippen LogP contribution in [0.4, 0.5) is 0 Å². The number of carbonyl (C=O) groups is 1. The molecule has 0 spiro atoms. The smallest absolute Gasteiger partial charge is 0.302 e. The summed E-state index contributed by atoms with van der Waals surface area (Å²) in [6.07, 6.45) is 5.38. The van der Waals surface area contributed by atoms with Crippen molar-refractivity contribution in [2.45, 2.75) is 53.1 Å². The Hall–Kier alpha value is -0.790. The highest BCUT2D eigenvalue weighted by molar-refractivity contribution is 5.66. The number of ether oxygens (including phenoxy) is 1. The van der Waals surface area contributed by atoms with E-state index < -0.39 is 0 Å². The van der Waals surface area contributed by atoms with E-state index in [1.54, 1.807) is 0 Å². The van der Waals surface area contributed by atoms with Gasteiger partial charge in [0.15, 0.2) is 0 Å². The van der Waals surface area contributed by atoms with E-state index in [2.05, 4.69) is 26.8 Å². The fourth-order valence-corrected chi connectivity index (χ4v) is 2.25. The average molecular weight is 196 g/mol. The standard InChI is InChI=1S/C12H20O2/c1-5-10-7-6-8-11(12(10,3)4)14-9(2)13/h7,11H,5-6,8H2,1-4H3/t11-/m0/s1. The summed E-state index contributed by atoms with van der Waals surface area (Å²) in [5.41, 5.74) is 1.42. The van der Waals surface area contributed by atoms with Crippen LogP contribution in [0.2, 0.25) is 0 Å². The zero-order valence-electron chi connectivity index (χ0n) is 9.59. The summed E-state index contributed by atoms with van der Waals surface area (Å²) in [5.74, 6) is -0.166. The summed E-state index contributed by atoms with van der Waals surface area (Å²) < 4.78 is 5.36. The number of hydrogen-bond donors (Lipinski definition) is 0. The number of allylic oxidation sites excluding steroid dienone is 1. The van der Waals surface area contributed by atoms with Crippen LogP contribution in [0.15, 0.2) is 11.6 Å². The SMILES string of the molecule is CCC1=CCC[C@H](OC(C)=O)C1(C)C. The molecular formula is C12H20O2. The molecule has 0 bridgehead atoms. The first-order chi connectivity index (χ1) is 6.48. The maximum atomic E-state index is 11.0. The molecule has 80 valence electrons. The summed E-state index contributed by atoms with van der Waals surface area (Å²) in [4.78, 5) is 11.0. The maximum Gasteiger partial charge on any atom is 0.302 e. The van der Waals surface area contributed by atoms with Crippen LogP contribution >= 0.6 is 0 Å². The lowest BCUT2D eigenvalue weighted by molar-refractivity contribution is -0.152. The molecule has 0 amide bonds. The zero-order chi connectivity index (χ0) is 10.8. The normalized spacial score (nSPS) is 25.4. The van der Waals surface area contributed by atoms with Gasteiger partial charge in [-0.15, -0.1) is 0 Å². The van der Waals surface area contributed by atoms with Crippen LogP contribution in [0.25, 0.3) is 0 Å². The van der Waals surface area contributed by atoms with Gasteiger partial charge in [0.2, 0.25) is 0 Å². The van der Waals surface area contributed by atoms with Gasteiger partial charge in [-0.05, 0) is 19.3 Å². The van der Waals surface area contributed by atoms with E-state index in [0.29, 0.717) is 0 Å². The molecule has 2 nitrogen and oxygen atoms in total. The Morgan fingerprint density at radius 3 is 2.79 bits per heavy atom. The lowest BCUT2D eigenvalue weighted by atomic mass is 9.72. The number of carbonyl (C=O) groups excluding carboxylic acids is 1. The van der Waals surface area contributed by atoms with Gasteiger partial charge in [-0.2, -0.15) is 0 Å². The van der Waals surface area contributed by atoms with E-state index in [1.807, 2.05) is 0 Å². The molecule has 1 aliphatic rings. The van der Waals surface area contributed by atoms with Gasteiger partial charge < -0.3 is 4.74 Å². The van der Waals surface area contributed by atoms with E-state index in [-0.39, 0.29) is 17.5 Å². The minimum atomic E-state index is -0.166. The fourth-order valence-electron chi connectivity index (χ4n) is 2.25. The van der Waals surface area contributed by atoms with E-state index in [9.17, 15) is 4.79 Å². The lowest BCUT2D eigenvalue weighted by Crippen LogP contribution is -2.37. The van der Waals surface area contributed by atoms with Gasteiger partial charge in [0.1, 0.15) is 6.10 Å². The molecule has 0 N–H and O–H groups in total. The molecule has 0 aromatic rings. The third-order valence-corrected chi connectivity index (χ3v) is 3.14. The second-order valence-electron chi connectivity index (χ2n) is 4.48. The molecule has 2 heteroatoms. The van der Waals surface area contributed by atoms with Crippen molar-refractivity contribution in [2.24, 2.45) is 5.41 Å². The third kappa shape index (κ3) is 2.17. The molecule has 14 heavy (non-hydrogen) atoms. The third-order valence-electron chi connectivity index (χ3n) is 3.14. The number of hydrogen-bond acceptors (Lipinski definition) is 2. The fraction of sp³-hybridized carbons (Fsp3) is 0.750. The predicted octanol–water partition coefficient (Wildman–Crippen LogP) is 3.07. The van der Waals surface area contributed by atoms with Crippen LogP contribution in [-0.4, -0.2) is 12.1 Å². The van der Waals surface area contributed by atoms with Crippen LogP contribution in [0.5, 0.6) is 0 Å². The van der Waals surface area contributed by atoms with Crippen molar-refractivity contribution in [3.05, 3.63) is 11.6 Å². The van der Waals surface area contributed by atoms with Gasteiger partial charge in [-0.1, -0.05) is 32.4 Å². The first-order valence-corrected chi connectivity index (χ1v) is 5.35. The first kappa shape index (κ1) is 11.3. The van der Waals surface area contributed by atoms with Gasteiger partial charge in [0.25, 0.3) is 0 Å². The quantitative estimate of drug-likeness (QED) is 0.501. The molecule has 0 heterocycles. The Morgan fingerprint density at radius 2 is 2.29 bits per heavy atom. The average Bonchev–Trinajstić information content (AvgIpc) is 2.07. The zero-order valence-corrected chi connectivity index (χ0v) is 9.59. The van der Waals surface area contributed by atoms with Gasteiger partial charge in [0.05, 0.1) is 0 Å². The van der Waals surface area contributed by atoms with E-state index in [0.717, 1.165) is 19.3 Å². The molecule has 0 saturated heterocycles. The molecule has 0 saturated carbocycles. The monoisotopic (exact) mass is 196 g/mol. The minimum Gasteiger partial charge on any atom is -0.462 e. The number of esters is 1. The van der Waals surface area contributed by atoms with Crippen molar-refractivity contribution in [2.75, 3.05) is 0 Å². The molecular weight excluding hydrogens is 176 g/mol. The topological polar surface area (TPSA) is 26.3 Å². The minimum absolute atomic E-state index is 0.0126. The summed E-state index contributed by atoms with van der Waals surface area (Å²) >= 11 is 0. The van der Waals surface area contributed by atoms with Crippen LogP contribution in [-0.2, 0) is 9.53 Å². The number of rotatable bonds is 2. The molecule has 0 aromatic carbocycles. The first-order valence-electron chi connectivity index (χ1n) is 5.35. The van der Waals surface area contributed by atoms with Crippen molar-refractivity contribution in [1.82, 2.24) is 0 Å². The second kappa shape index (κ2) is 4.16. The van der Waals surface area contributed by atoms with Crippen LogP contribution in [0, 0.1) is 5.41 Å². The Bertz CT molecular complexity index is 251. The summed E-state index contributed by atoms with van der Waals surface area (Å²) in [6.45, 7) is 7.97. The summed E-state index contributed by atoms with van der Waals surface area (Å²) in [5, 5.41) is 0. The van der Waals surface area contributed by atoms with Crippen molar-refractivity contribution < 1.29 is 9.53 Å². The highest BCUT2D eigenvalue weighted by Crippen LogP contribution is 2.40. The molecule has 1 aliphatic carbocycles. The Kier molecular flexibility index (Phi) is 3.35. The molecule has 0 unspecified atom stereocenters. The highest BCUT2D eigenvalue weighted by Gasteiger charge is 2.36. The van der Waals surface area contributed by atoms with Gasteiger partial charge in [-0.25, -0.2) is 0 Å². The molecule has 0 aromatic heterocycles. The van der Waals surface area contributed by atoms with E-state index >= 15 is 0 Å². The van der Waals surface area contributed by atoms with Crippen LogP contribution < -0.4 is 0 Å². The second-order valence-corrected chi connectivity index (χ2v) is 4.48. The predicted molar refractivity (Wildman–Crippen MR) is 56.9 cm³/mol. The van der Waals surface area contributed by atoms with Crippen molar-refractivity contribution in [1.29, 1.82) is 0 Å². The largest absolute Gasteiger partial charge is 0.462 e. The summed E-state index contributed by atoms with van der Waals surface area (Å²) in [7, 11) is 0. The molecule has 0 aliphatic heterocycles. The molecule has 0 radical (unpaired) electrons. The molecule has 1 atom stereocenters. The van der Waals surface area contributed by atoms with Gasteiger partial charge in [0, 0.05) is 12.3 Å². The highest BCUT2D eigenvalue weighted by atomic mass is 16.5. The van der Waals surface area contributed by atoms with Crippen LogP contribution in [0.1, 0.15) is 47.0 Å². The Labute approximate surface area is 86.3 Å². The Balaban J connectivity index is 2.80. The van der Waals surface area contributed by atoms with Gasteiger partial charge in [-0.3, -0.25) is 4.79 Å². The molecule has 1 rings (SSSR count). The van der Waals surface area contributed by atoms with Crippen molar-refractivity contribution >= 4 is 5.97 Å². The van der Waals surface area contributed by atoms with Gasteiger partial charge >= 0.3 is 5.97 Å². The Morgan fingerprint density at radius 1 is 1.64 bits per heavy atom. The van der Waals surface area contributed by atoms with E-state index in [1.165, 1.54) is 12.5 Å². The summed E-state index contributed by atoms with van der Waals surface area (Å²) in [6, 6.07) is 0. The van der Waals surface area contributed by atoms with Crippen LogP contribution in [0.3, 0.4) is 0 Å². The van der Waals surface area contributed by atoms with Crippen molar-refractivity contribution in [3.63, 3.8) is 0 Å². The van der Waals surface area contributed by atoms with E-state index in [4.69, 9.17) is 4.74 Å². The molecule has 0 fully saturated rings. The maximum absolute atomic E-state index is 11.0.